The van der Waals surface area contributed by atoms with Gasteiger partial charge in [-0.25, -0.2) is 4.79 Å². The van der Waals surface area contributed by atoms with E-state index in [4.69, 9.17) is 30.1 Å². The molecule has 8 nitrogen and oxygen atoms in total. The summed E-state index contributed by atoms with van der Waals surface area (Å²) in [6.07, 6.45) is 0.945. The molecule has 3 rings (SSSR count). The van der Waals surface area contributed by atoms with Crippen LogP contribution in [0.4, 0.5) is 0 Å². The second-order valence-electron chi connectivity index (χ2n) is 5.14. The third kappa shape index (κ3) is 2.65. The van der Waals surface area contributed by atoms with Crippen molar-refractivity contribution < 1.29 is 18.3 Å². The summed E-state index contributed by atoms with van der Waals surface area (Å²) in [4.78, 5) is 25.2. The predicted molar refractivity (Wildman–Crippen MR) is 76.6 cm³/mol. The molecular formula is C11H15N2O6PS. The zero-order chi connectivity index (χ0) is 15.3. The first-order valence-electron chi connectivity index (χ1n) is 6.33. The van der Waals surface area contributed by atoms with Gasteiger partial charge in [-0.2, -0.15) is 0 Å². The van der Waals surface area contributed by atoms with Crippen molar-refractivity contribution in [2.45, 2.75) is 31.3 Å². The Morgan fingerprint density at radius 1 is 1.57 bits per heavy atom. The molecule has 21 heavy (non-hydrogen) atoms. The fraction of sp³-hybridized carbons (Fsp3) is 0.636. The van der Waals surface area contributed by atoms with E-state index in [1.807, 2.05) is 6.92 Å². The fourth-order valence-corrected chi connectivity index (χ4v) is 4.22. The molecule has 10 heteroatoms. The van der Waals surface area contributed by atoms with E-state index >= 15 is 0 Å². The molecule has 0 radical (unpaired) electrons. The molecule has 3 heterocycles. The van der Waals surface area contributed by atoms with Crippen LogP contribution in [-0.4, -0.2) is 35.0 Å². The lowest BCUT2D eigenvalue weighted by Gasteiger charge is -2.38. The molecule has 2 saturated heterocycles. The summed E-state index contributed by atoms with van der Waals surface area (Å²) >= 11 is 5.20. The third-order valence-electron chi connectivity index (χ3n) is 3.65. The molecule has 4 atom stereocenters. The first-order valence-corrected chi connectivity index (χ1v) is 8.89. The smallest absolute Gasteiger partial charge is 0.330 e. The molecule has 116 valence electrons. The molecule has 0 spiro atoms. The number of nitrogens with zero attached hydrogens (tertiary/aromatic N) is 1. The third-order valence-corrected chi connectivity index (χ3v) is 6.08. The van der Waals surface area contributed by atoms with Crippen molar-refractivity contribution in [1.29, 1.82) is 0 Å². The first-order chi connectivity index (χ1) is 9.85. The summed E-state index contributed by atoms with van der Waals surface area (Å²) in [5, 5.41) is 0. The maximum absolute atomic E-state index is 11.8. The molecule has 1 aromatic rings. The van der Waals surface area contributed by atoms with E-state index in [1.54, 1.807) is 0 Å². The lowest BCUT2D eigenvalue weighted by molar-refractivity contribution is -0.129. The zero-order valence-corrected chi connectivity index (χ0v) is 13.2. The Hall–Kier alpha value is -0.830. The van der Waals surface area contributed by atoms with Crippen molar-refractivity contribution in [3.05, 3.63) is 33.1 Å². The summed E-state index contributed by atoms with van der Waals surface area (Å²) in [6, 6.07) is 1.27. The van der Waals surface area contributed by atoms with E-state index < -0.39 is 29.8 Å². The van der Waals surface area contributed by atoms with Gasteiger partial charge >= 0.3 is 12.4 Å². The van der Waals surface area contributed by atoms with E-state index in [2.05, 4.69) is 4.98 Å². The Balaban J connectivity index is 1.88. The minimum absolute atomic E-state index is 0.234. The van der Waals surface area contributed by atoms with E-state index in [9.17, 15) is 9.59 Å². The molecule has 0 bridgehead atoms. The summed E-state index contributed by atoms with van der Waals surface area (Å²) in [5.74, 6) is 0. The highest BCUT2D eigenvalue weighted by molar-refractivity contribution is 8.07. The van der Waals surface area contributed by atoms with Gasteiger partial charge in [0.05, 0.1) is 6.61 Å². The number of nitrogens with one attached hydrogen (secondary N) is 1. The van der Waals surface area contributed by atoms with Gasteiger partial charge in [0.25, 0.3) is 5.56 Å². The van der Waals surface area contributed by atoms with Crippen LogP contribution in [0.2, 0.25) is 0 Å². The van der Waals surface area contributed by atoms with Crippen LogP contribution in [0, 0.1) is 0 Å². The molecular weight excluding hydrogens is 319 g/mol. The number of rotatable bonds is 2. The highest BCUT2D eigenvalue weighted by Crippen LogP contribution is 2.58. The molecule has 0 saturated carbocycles. The molecule has 1 aromatic heterocycles. The van der Waals surface area contributed by atoms with Crippen molar-refractivity contribution in [2.24, 2.45) is 0 Å². The van der Waals surface area contributed by atoms with Crippen LogP contribution in [0.25, 0.3) is 0 Å². The van der Waals surface area contributed by atoms with E-state index in [-0.39, 0.29) is 12.7 Å². The summed E-state index contributed by atoms with van der Waals surface area (Å²) < 4.78 is 23.6. The highest BCUT2D eigenvalue weighted by Gasteiger charge is 2.53. The number of ether oxygens (including phenoxy) is 1. The quantitative estimate of drug-likeness (QED) is 0.788. The molecule has 2 aliphatic rings. The highest BCUT2D eigenvalue weighted by atomic mass is 32.5. The minimum Gasteiger partial charge on any atom is -0.346 e. The van der Waals surface area contributed by atoms with Crippen LogP contribution in [0.5, 0.6) is 0 Å². The molecule has 2 fully saturated rings. The molecule has 2 aliphatic heterocycles. The zero-order valence-electron chi connectivity index (χ0n) is 11.5. The number of fused-ring (bicyclic) bond motifs is 1. The second kappa shape index (κ2) is 5.12. The summed E-state index contributed by atoms with van der Waals surface area (Å²) in [7, 11) is 1.45. The number of aromatic nitrogens is 2. The molecule has 0 amide bonds. The maximum atomic E-state index is 11.8. The van der Waals surface area contributed by atoms with Crippen LogP contribution in [0.15, 0.2) is 21.9 Å². The normalized spacial score (nSPS) is 39.1. The Bertz CT molecular complexity index is 717. The van der Waals surface area contributed by atoms with Crippen molar-refractivity contribution in [3.63, 3.8) is 0 Å². The largest absolute Gasteiger partial charge is 0.346 e. The van der Waals surface area contributed by atoms with Crippen LogP contribution in [0.1, 0.15) is 19.6 Å². The van der Waals surface area contributed by atoms with Crippen molar-refractivity contribution >= 4 is 18.5 Å². The molecule has 4 unspecified atom stereocenters. The van der Waals surface area contributed by atoms with Gasteiger partial charge in [-0.05, 0) is 18.7 Å². The van der Waals surface area contributed by atoms with Crippen molar-refractivity contribution in [1.82, 2.24) is 9.55 Å². The molecule has 0 aromatic carbocycles. The minimum atomic E-state index is -2.74. The Morgan fingerprint density at radius 3 is 3.00 bits per heavy atom. The van der Waals surface area contributed by atoms with E-state index in [0.717, 1.165) is 0 Å². The van der Waals surface area contributed by atoms with Crippen molar-refractivity contribution in [2.75, 3.05) is 13.7 Å². The number of aromatic amines is 1. The van der Waals surface area contributed by atoms with Crippen LogP contribution in [0.3, 0.4) is 0 Å². The van der Waals surface area contributed by atoms with Gasteiger partial charge in [-0.1, -0.05) is 0 Å². The molecule has 0 aliphatic carbocycles. The van der Waals surface area contributed by atoms with Gasteiger partial charge in [-0.3, -0.25) is 14.3 Å². The molecule has 1 N–H and O–H groups in total. The summed E-state index contributed by atoms with van der Waals surface area (Å²) in [5.41, 5.74) is -1.68. The first kappa shape index (κ1) is 15.1. The summed E-state index contributed by atoms with van der Waals surface area (Å²) in [6.45, 7) is -0.667. The van der Waals surface area contributed by atoms with Gasteiger partial charge in [-0.15, -0.1) is 0 Å². The van der Waals surface area contributed by atoms with Crippen LogP contribution in [-0.2, 0) is 30.1 Å². The lowest BCUT2D eigenvalue weighted by Crippen LogP contribution is -2.45. The standard InChI is InChI=1S/C11H15N2O6PS/c1-11-6-17-20(21,16-2)19-7(11)5-9(18-11)13-4-3-8(14)12-10(13)15/h3-4,7,9H,5-6H2,1-2H3,(H,12,14,15). The van der Waals surface area contributed by atoms with Gasteiger partial charge in [0.15, 0.2) is 0 Å². The van der Waals surface area contributed by atoms with Gasteiger partial charge in [0.1, 0.15) is 17.9 Å². The van der Waals surface area contributed by atoms with Crippen LogP contribution >= 0.6 is 6.72 Å². The monoisotopic (exact) mass is 334 g/mol. The van der Waals surface area contributed by atoms with E-state index in [0.29, 0.717) is 6.42 Å². The van der Waals surface area contributed by atoms with Gasteiger partial charge in [0.2, 0.25) is 0 Å². The van der Waals surface area contributed by atoms with Gasteiger partial charge < -0.3 is 18.3 Å². The lowest BCUT2D eigenvalue weighted by atomic mass is 10.0. The number of H-pyrrole nitrogens is 1. The number of hydrogen-bond donors (Lipinski definition) is 1. The second-order valence-corrected chi connectivity index (χ2v) is 8.21. The van der Waals surface area contributed by atoms with Crippen LogP contribution < -0.4 is 11.2 Å². The Labute approximate surface area is 125 Å². The topological polar surface area (TPSA) is 91.8 Å². The van der Waals surface area contributed by atoms with Gasteiger partial charge in [0, 0.05) is 25.8 Å². The predicted octanol–water partition coefficient (Wildman–Crippen LogP) is 0.500. The van der Waals surface area contributed by atoms with E-state index in [1.165, 1.54) is 23.9 Å². The fourth-order valence-electron chi connectivity index (χ4n) is 2.46. The average molecular weight is 334 g/mol. The average Bonchev–Trinajstić information content (AvgIpc) is 2.75. The maximum Gasteiger partial charge on any atom is 0.330 e. The SMILES string of the molecule is COP1(=S)OCC2(C)OC(n3ccc(=O)[nH]c3=O)CC2O1. The Kier molecular flexibility index (Phi) is 3.67. The number of hydrogen-bond acceptors (Lipinski definition) is 7. The van der Waals surface area contributed by atoms with Crippen molar-refractivity contribution in [3.8, 4) is 0 Å². The Morgan fingerprint density at radius 2 is 2.33 bits per heavy atom.